The highest BCUT2D eigenvalue weighted by Gasteiger charge is 2.10. The van der Waals surface area contributed by atoms with Crippen LogP contribution >= 0.6 is 34.4 Å². The first-order valence-electron chi connectivity index (χ1n) is 7.11. The minimum absolute atomic E-state index is 0.0949. The fourth-order valence-corrected chi connectivity index (χ4v) is 4.14. The Hall–Kier alpha value is -1.45. The van der Waals surface area contributed by atoms with Gasteiger partial charge in [-0.3, -0.25) is 9.59 Å². The molecule has 2 aromatic rings. The van der Waals surface area contributed by atoms with E-state index >= 15 is 0 Å². The van der Waals surface area contributed by atoms with Crippen molar-refractivity contribution < 1.29 is 14.3 Å². The fourth-order valence-electron chi connectivity index (χ4n) is 1.66. The van der Waals surface area contributed by atoms with Crippen LogP contribution in [-0.2, 0) is 20.7 Å². The summed E-state index contributed by atoms with van der Waals surface area (Å²) in [5.74, 6) is 0.491. The summed E-state index contributed by atoms with van der Waals surface area (Å²) < 4.78 is 5.64. The van der Waals surface area contributed by atoms with E-state index in [0.717, 1.165) is 21.4 Å². The maximum atomic E-state index is 11.9. The third-order valence-electron chi connectivity index (χ3n) is 2.62. The number of ether oxygens (including phenoxy) is 1. The van der Waals surface area contributed by atoms with Gasteiger partial charge in [0.1, 0.15) is 0 Å². The first kappa shape index (κ1) is 17.9. The molecule has 2 aromatic heterocycles. The van der Waals surface area contributed by atoms with Gasteiger partial charge < -0.3 is 10.1 Å². The summed E-state index contributed by atoms with van der Waals surface area (Å²) in [6.07, 6.45) is 1.48. The van der Waals surface area contributed by atoms with Gasteiger partial charge >= 0.3 is 5.97 Å². The van der Waals surface area contributed by atoms with Gasteiger partial charge in [-0.15, -0.1) is 21.5 Å². The van der Waals surface area contributed by atoms with E-state index < -0.39 is 0 Å². The van der Waals surface area contributed by atoms with Crippen molar-refractivity contribution in [1.29, 1.82) is 0 Å². The van der Waals surface area contributed by atoms with Gasteiger partial charge in [0, 0.05) is 17.1 Å². The smallest absolute Gasteiger partial charge is 0.305 e. The van der Waals surface area contributed by atoms with E-state index in [1.807, 2.05) is 17.5 Å². The highest BCUT2D eigenvalue weighted by Crippen LogP contribution is 2.26. The van der Waals surface area contributed by atoms with Gasteiger partial charge in [0.15, 0.2) is 4.34 Å². The topological polar surface area (TPSA) is 81.2 Å². The van der Waals surface area contributed by atoms with Crippen molar-refractivity contribution in [1.82, 2.24) is 10.2 Å². The van der Waals surface area contributed by atoms with Gasteiger partial charge in [0.05, 0.1) is 13.0 Å². The standard InChI is InChI=1S/C14H17N3O3S3/c1-2-20-12(19)6-4-8-22-14-17-16-13(23-14)15-11(18)9-10-5-3-7-21-10/h3,5,7H,2,4,6,8-9H2,1H3,(H,15,16,18). The van der Waals surface area contributed by atoms with E-state index in [2.05, 4.69) is 15.5 Å². The monoisotopic (exact) mass is 371 g/mol. The van der Waals surface area contributed by atoms with Crippen LogP contribution in [0, 0.1) is 0 Å². The molecule has 23 heavy (non-hydrogen) atoms. The lowest BCUT2D eigenvalue weighted by atomic mass is 10.3. The Morgan fingerprint density at radius 1 is 1.39 bits per heavy atom. The second kappa shape index (κ2) is 9.64. The summed E-state index contributed by atoms with van der Waals surface area (Å²) in [5, 5.41) is 13.2. The van der Waals surface area contributed by atoms with E-state index in [1.165, 1.54) is 23.1 Å². The van der Waals surface area contributed by atoms with Crippen LogP contribution in [-0.4, -0.2) is 34.4 Å². The lowest BCUT2D eigenvalue weighted by Gasteiger charge is -2.00. The molecular formula is C14H17N3O3S3. The third kappa shape index (κ3) is 6.67. The van der Waals surface area contributed by atoms with Gasteiger partial charge in [0.25, 0.3) is 0 Å². The van der Waals surface area contributed by atoms with Gasteiger partial charge in [-0.2, -0.15) is 0 Å². The summed E-state index contributed by atoms with van der Waals surface area (Å²) >= 11 is 4.41. The van der Waals surface area contributed by atoms with Gasteiger partial charge in [-0.1, -0.05) is 29.2 Å². The first-order chi connectivity index (χ1) is 11.2. The predicted molar refractivity (Wildman–Crippen MR) is 93.2 cm³/mol. The number of hydrogen-bond donors (Lipinski definition) is 1. The number of carbonyl (C=O) groups is 2. The number of thiophene rings is 1. The highest BCUT2D eigenvalue weighted by molar-refractivity contribution is 8.01. The highest BCUT2D eigenvalue weighted by atomic mass is 32.2. The van der Waals surface area contributed by atoms with Crippen molar-refractivity contribution in [2.75, 3.05) is 17.7 Å². The Morgan fingerprint density at radius 3 is 3.00 bits per heavy atom. The number of thioether (sulfide) groups is 1. The van der Waals surface area contributed by atoms with Crippen LogP contribution in [0.3, 0.4) is 0 Å². The molecular weight excluding hydrogens is 354 g/mol. The average Bonchev–Trinajstić information content (AvgIpc) is 3.16. The lowest BCUT2D eigenvalue weighted by Crippen LogP contribution is -2.13. The molecule has 6 nitrogen and oxygen atoms in total. The zero-order chi connectivity index (χ0) is 16.5. The Bertz CT molecular complexity index is 628. The average molecular weight is 372 g/mol. The van der Waals surface area contributed by atoms with Crippen LogP contribution in [0.2, 0.25) is 0 Å². The van der Waals surface area contributed by atoms with Crippen molar-refractivity contribution in [3.05, 3.63) is 22.4 Å². The summed E-state index contributed by atoms with van der Waals surface area (Å²) in [6, 6.07) is 3.85. The second-order valence-corrected chi connectivity index (χ2v) is 7.79. The van der Waals surface area contributed by atoms with E-state index in [4.69, 9.17) is 4.74 Å². The van der Waals surface area contributed by atoms with Crippen LogP contribution in [0.4, 0.5) is 5.13 Å². The molecule has 1 amide bonds. The van der Waals surface area contributed by atoms with Crippen LogP contribution in [0.25, 0.3) is 0 Å². The van der Waals surface area contributed by atoms with Crippen molar-refractivity contribution in [3.8, 4) is 0 Å². The SMILES string of the molecule is CCOC(=O)CCCSc1nnc(NC(=O)Cc2cccs2)s1. The van der Waals surface area contributed by atoms with Gasteiger partial charge in [0.2, 0.25) is 11.0 Å². The van der Waals surface area contributed by atoms with Crippen molar-refractivity contribution in [3.63, 3.8) is 0 Å². The molecule has 2 heterocycles. The minimum Gasteiger partial charge on any atom is -0.466 e. The number of nitrogens with zero attached hydrogens (tertiary/aromatic N) is 2. The molecule has 124 valence electrons. The van der Waals surface area contributed by atoms with Crippen LogP contribution < -0.4 is 5.32 Å². The number of esters is 1. The largest absolute Gasteiger partial charge is 0.466 e. The number of hydrogen-bond acceptors (Lipinski definition) is 8. The summed E-state index contributed by atoms with van der Waals surface area (Å²) in [7, 11) is 0. The number of rotatable bonds is 9. The molecule has 2 rings (SSSR count). The van der Waals surface area contributed by atoms with E-state index in [1.54, 1.807) is 18.3 Å². The molecule has 0 aromatic carbocycles. The van der Waals surface area contributed by atoms with Crippen molar-refractivity contribution >= 4 is 51.4 Å². The van der Waals surface area contributed by atoms with Crippen LogP contribution in [0.5, 0.6) is 0 Å². The van der Waals surface area contributed by atoms with Crippen LogP contribution in [0.1, 0.15) is 24.6 Å². The molecule has 0 spiro atoms. The first-order valence-corrected chi connectivity index (χ1v) is 9.79. The molecule has 0 unspecified atom stereocenters. The van der Waals surface area contributed by atoms with Crippen molar-refractivity contribution in [2.24, 2.45) is 0 Å². The molecule has 0 atom stereocenters. The molecule has 0 saturated heterocycles. The molecule has 1 N–H and O–H groups in total. The molecule has 0 bridgehead atoms. The van der Waals surface area contributed by atoms with Gasteiger partial charge in [-0.05, 0) is 24.8 Å². The normalized spacial score (nSPS) is 10.5. The van der Waals surface area contributed by atoms with Gasteiger partial charge in [-0.25, -0.2) is 0 Å². The number of carbonyl (C=O) groups excluding carboxylic acids is 2. The zero-order valence-corrected chi connectivity index (χ0v) is 15.1. The molecule has 0 aliphatic heterocycles. The molecule has 0 saturated carbocycles. The summed E-state index contributed by atoms with van der Waals surface area (Å²) in [4.78, 5) is 24.1. The molecule has 0 fully saturated rings. The maximum Gasteiger partial charge on any atom is 0.305 e. The Labute approximate surface area is 146 Å². The number of anilines is 1. The number of nitrogens with one attached hydrogen (secondary N) is 1. The molecule has 0 aliphatic rings. The predicted octanol–water partition coefficient (Wildman–Crippen LogP) is 3.22. The van der Waals surface area contributed by atoms with E-state index in [-0.39, 0.29) is 11.9 Å². The Balaban J connectivity index is 1.68. The van der Waals surface area contributed by atoms with E-state index in [0.29, 0.717) is 24.6 Å². The Kier molecular flexibility index (Phi) is 7.50. The van der Waals surface area contributed by atoms with Crippen LogP contribution in [0.15, 0.2) is 21.9 Å². The quantitative estimate of drug-likeness (QED) is 0.315. The van der Waals surface area contributed by atoms with E-state index in [9.17, 15) is 9.59 Å². The zero-order valence-electron chi connectivity index (χ0n) is 12.6. The third-order valence-corrected chi connectivity index (χ3v) is 5.56. The molecule has 0 radical (unpaired) electrons. The maximum absolute atomic E-state index is 11.9. The fraction of sp³-hybridized carbons (Fsp3) is 0.429. The van der Waals surface area contributed by atoms with Crippen molar-refractivity contribution in [2.45, 2.75) is 30.5 Å². The Morgan fingerprint density at radius 2 is 2.26 bits per heavy atom. The number of aromatic nitrogens is 2. The molecule has 9 heteroatoms. The second-order valence-electron chi connectivity index (χ2n) is 4.43. The number of amides is 1. The summed E-state index contributed by atoms with van der Waals surface area (Å²) in [5.41, 5.74) is 0. The summed E-state index contributed by atoms with van der Waals surface area (Å²) in [6.45, 7) is 2.21. The lowest BCUT2D eigenvalue weighted by molar-refractivity contribution is -0.143. The molecule has 0 aliphatic carbocycles. The minimum atomic E-state index is -0.174.